The van der Waals surface area contributed by atoms with E-state index in [-0.39, 0.29) is 0 Å². The van der Waals surface area contributed by atoms with E-state index in [4.69, 9.17) is 10.5 Å². The first-order chi connectivity index (χ1) is 10.5. The fourth-order valence-corrected chi connectivity index (χ4v) is 1.77. The molecule has 0 bridgehead atoms. The topological polar surface area (TPSA) is 81.4 Å². The molecule has 2 aromatic rings. The minimum absolute atomic E-state index is 0.351. The number of nitrogens with two attached hydrogens (primary N) is 1. The Balaban J connectivity index is 1.97. The molecule has 114 valence electrons. The summed E-state index contributed by atoms with van der Waals surface area (Å²) in [4.78, 5) is 22.9. The van der Waals surface area contributed by atoms with Gasteiger partial charge in [0.1, 0.15) is 11.6 Å². The lowest BCUT2D eigenvalue weighted by Gasteiger charge is -2.15. The van der Waals surface area contributed by atoms with Gasteiger partial charge in [0.05, 0.1) is 0 Å². The predicted molar refractivity (Wildman–Crippen MR) is 80.1 cm³/mol. The number of halogens is 1. The summed E-state index contributed by atoms with van der Waals surface area (Å²) in [6.45, 7) is 1.57. The zero-order valence-corrected chi connectivity index (χ0v) is 11.9. The van der Waals surface area contributed by atoms with E-state index in [1.165, 1.54) is 30.3 Å². The number of primary amides is 1. The molecule has 22 heavy (non-hydrogen) atoms. The summed E-state index contributed by atoms with van der Waals surface area (Å²) in [7, 11) is 0. The average Bonchev–Trinajstić information content (AvgIpc) is 2.47. The summed E-state index contributed by atoms with van der Waals surface area (Å²) >= 11 is 0. The van der Waals surface area contributed by atoms with E-state index in [0.717, 1.165) is 0 Å². The SMILES string of the molecule is C[C@@H](Oc1ccc(C(N)=O)cc1)C(=O)Nc1cccc(F)c1. The Bertz CT molecular complexity index is 686. The molecule has 0 radical (unpaired) electrons. The molecule has 6 heteroatoms. The first-order valence-electron chi connectivity index (χ1n) is 6.58. The molecule has 3 N–H and O–H groups in total. The lowest BCUT2D eigenvalue weighted by molar-refractivity contribution is -0.122. The molecular weight excluding hydrogens is 287 g/mol. The molecule has 5 nitrogen and oxygen atoms in total. The average molecular weight is 302 g/mol. The Labute approximate surface area is 126 Å². The molecule has 1 atom stereocenters. The first-order valence-corrected chi connectivity index (χ1v) is 6.58. The van der Waals surface area contributed by atoms with Crippen LogP contribution in [0.3, 0.4) is 0 Å². The van der Waals surface area contributed by atoms with E-state index in [1.54, 1.807) is 25.1 Å². The maximum atomic E-state index is 13.0. The van der Waals surface area contributed by atoms with E-state index < -0.39 is 23.7 Å². The Morgan fingerprint density at radius 1 is 1.18 bits per heavy atom. The van der Waals surface area contributed by atoms with Gasteiger partial charge in [-0.3, -0.25) is 9.59 Å². The number of ether oxygens (including phenoxy) is 1. The number of anilines is 1. The van der Waals surface area contributed by atoms with E-state index in [2.05, 4.69) is 5.32 Å². The van der Waals surface area contributed by atoms with Gasteiger partial charge in [0.15, 0.2) is 6.10 Å². The van der Waals surface area contributed by atoms with Crippen molar-refractivity contribution in [3.63, 3.8) is 0 Å². The van der Waals surface area contributed by atoms with Crippen LogP contribution in [0.15, 0.2) is 48.5 Å². The van der Waals surface area contributed by atoms with Gasteiger partial charge in [-0.2, -0.15) is 0 Å². The summed E-state index contributed by atoms with van der Waals surface area (Å²) in [5, 5.41) is 2.55. The van der Waals surface area contributed by atoms with Crippen molar-refractivity contribution in [2.45, 2.75) is 13.0 Å². The Hall–Kier alpha value is -2.89. The van der Waals surface area contributed by atoms with Crippen molar-refractivity contribution in [2.75, 3.05) is 5.32 Å². The van der Waals surface area contributed by atoms with Crippen LogP contribution in [0.1, 0.15) is 17.3 Å². The van der Waals surface area contributed by atoms with Crippen molar-refractivity contribution in [2.24, 2.45) is 5.73 Å². The second kappa shape index (κ2) is 6.71. The van der Waals surface area contributed by atoms with Gasteiger partial charge in [-0.05, 0) is 49.4 Å². The van der Waals surface area contributed by atoms with Gasteiger partial charge in [0, 0.05) is 11.3 Å². The third-order valence-corrected chi connectivity index (χ3v) is 2.91. The molecule has 0 aromatic heterocycles. The molecule has 0 fully saturated rings. The van der Waals surface area contributed by atoms with Gasteiger partial charge in [0.25, 0.3) is 5.91 Å². The quantitative estimate of drug-likeness (QED) is 0.889. The van der Waals surface area contributed by atoms with Crippen LogP contribution in [0.2, 0.25) is 0 Å². The molecule has 2 amide bonds. The molecule has 0 spiro atoms. The Kier molecular flexibility index (Phi) is 4.73. The van der Waals surface area contributed by atoms with Gasteiger partial charge in [0.2, 0.25) is 5.91 Å². The number of hydrogen-bond acceptors (Lipinski definition) is 3. The molecular formula is C16H15FN2O3. The number of amides is 2. The third-order valence-electron chi connectivity index (χ3n) is 2.91. The largest absolute Gasteiger partial charge is 0.481 e. The number of carbonyl (C=O) groups excluding carboxylic acids is 2. The summed E-state index contributed by atoms with van der Waals surface area (Å²) in [5.74, 6) is -0.965. The second-order valence-corrected chi connectivity index (χ2v) is 4.65. The Morgan fingerprint density at radius 3 is 2.45 bits per heavy atom. The van der Waals surface area contributed by atoms with E-state index in [0.29, 0.717) is 17.0 Å². The summed E-state index contributed by atoms with van der Waals surface area (Å²) < 4.78 is 18.5. The van der Waals surface area contributed by atoms with Gasteiger partial charge in [-0.25, -0.2) is 4.39 Å². The van der Waals surface area contributed by atoms with Gasteiger partial charge in [-0.15, -0.1) is 0 Å². The van der Waals surface area contributed by atoms with Crippen LogP contribution in [0, 0.1) is 5.82 Å². The van der Waals surface area contributed by atoms with Gasteiger partial charge in [-0.1, -0.05) is 6.07 Å². The van der Waals surface area contributed by atoms with E-state index >= 15 is 0 Å². The molecule has 0 unspecified atom stereocenters. The van der Waals surface area contributed by atoms with Crippen molar-refractivity contribution < 1.29 is 18.7 Å². The van der Waals surface area contributed by atoms with Crippen molar-refractivity contribution >= 4 is 17.5 Å². The van der Waals surface area contributed by atoms with E-state index in [9.17, 15) is 14.0 Å². The van der Waals surface area contributed by atoms with Crippen molar-refractivity contribution in [3.8, 4) is 5.75 Å². The predicted octanol–water partition coefficient (Wildman–Crippen LogP) is 2.33. The standard InChI is InChI=1S/C16H15FN2O3/c1-10(16(21)19-13-4-2-3-12(17)9-13)22-14-7-5-11(6-8-14)15(18)20/h2-10H,1H3,(H2,18,20)(H,19,21)/t10-/m1/s1. The fourth-order valence-electron chi connectivity index (χ4n) is 1.77. The van der Waals surface area contributed by atoms with E-state index in [1.807, 2.05) is 0 Å². The highest BCUT2D eigenvalue weighted by molar-refractivity contribution is 5.94. The molecule has 0 saturated heterocycles. The molecule has 2 aromatic carbocycles. The Morgan fingerprint density at radius 2 is 1.86 bits per heavy atom. The van der Waals surface area contributed by atoms with Crippen molar-refractivity contribution in [1.82, 2.24) is 0 Å². The second-order valence-electron chi connectivity index (χ2n) is 4.65. The number of rotatable bonds is 5. The number of nitrogens with one attached hydrogen (secondary N) is 1. The number of carbonyl (C=O) groups is 2. The maximum absolute atomic E-state index is 13.0. The lowest BCUT2D eigenvalue weighted by Crippen LogP contribution is -2.30. The first kappa shape index (κ1) is 15.5. The fraction of sp³-hybridized carbons (Fsp3) is 0.125. The smallest absolute Gasteiger partial charge is 0.265 e. The van der Waals surface area contributed by atoms with Crippen molar-refractivity contribution in [1.29, 1.82) is 0 Å². The molecule has 0 saturated carbocycles. The maximum Gasteiger partial charge on any atom is 0.265 e. The summed E-state index contributed by atoms with van der Waals surface area (Å²) in [6.07, 6.45) is -0.789. The van der Waals surface area contributed by atoms with Crippen LogP contribution in [0.4, 0.5) is 10.1 Å². The highest BCUT2D eigenvalue weighted by atomic mass is 19.1. The van der Waals surface area contributed by atoms with Crippen LogP contribution in [-0.4, -0.2) is 17.9 Å². The summed E-state index contributed by atoms with van der Waals surface area (Å²) in [5.41, 5.74) is 5.84. The number of hydrogen-bond donors (Lipinski definition) is 2. The molecule has 2 rings (SSSR count). The molecule has 0 heterocycles. The van der Waals surface area contributed by atoms with Crippen LogP contribution in [-0.2, 0) is 4.79 Å². The zero-order valence-electron chi connectivity index (χ0n) is 11.9. The van der Waals surface area contributed by atoms with Gasteiger partial charge >= 0.3 is 0 Å². The third kappa shape index (κ3) is 4.05. The van der Waals surface area contributed by atoms with Crippen LogP contribution in [0.25, 0.3) is 0 Å². The summed E-state index contributed by atoms with van der Waals surface area (Å²) in [6, 6.07) is 11.7. The lowest BCUT2D eigenvalue weighted by atomic mass is 10.2. The minimum Gasteiger partial charge on any atom is -0.481 e. The minimum atomic E-state index is -0.789. The van der Waals surface area contributed by atoms with Crippen molar-refractivity contribution in [3.05, 3.63) is 59.9 Å². The monoisotopic (exact) mass is 302 g/mol. The number of benzene rings is 2. The van der Waals surface area contributed by atoms with Crippen LogP contribution in [0.5, 0.6) is 5.75 Å². The molecule has 0 aliphatic carbocycles. The highest BCUT2D eigenvalue weighted by Gasteiger charge is 2.15. The normalized spacial score (nSPS) is 11.5. The molecule has 0 aliphatic heterocycles. The molecule has 0 aliphatic rings. The van der Waals surface area contributed by atoms with Crippen LogP contribution >= 0.6 is 0 Å². The zero-order chi connectivity index (χ0) is 16.1. The van der Waals surface area contributed by atoms with Crippen LogP contribution < -0.4 is 15.8 Å². The van der Waals surface area contributed by atoms with Gasteiger partial charge < -0.3 is 15.8 Å². The highest BCUT2D eigenvalue weighted by Crippen LogP contribution is 2.15.